The summed E-state index contributed by atoms with van der Waals surface area (Å²) in [5, 5.41) is 7.20. The zero-order chi connectivity index (χ0) is 37.8. The number of methoxy groups -OCH3 is 2. The van der Waals surface area contributed by atoms with Crippen molar-refractivity contribution in [3.05, 3.63) is 178 Å². The molecule has 0 radical (unpaired) electrons. The summed E-state index contributed by atoms with van der Waals surface area (Å²) in [6.07, 6.45) is 0. The molecule has 56 heavy (non-hydrogen) atoms. The molecule has 0 amide bonds. The zero-order valence-corrected chi connectivity index (χ0v) is 32.0. The SMILES string of the molecule is COc1ccc(C(c2ccc(OC)cc2)=c2c3ccccc3c(=C(c3ccc(N4CCOCC4)cc3)c3ccc(N4CCOCC4)cc3)c3ccccc23)cc1. The molecule has 0 saturated carbocycles. The van der Waals surface area contributed by atoms with Gasteiger partial charge in [0.2, 0.25) is 0 Å². The molecule has 0 unspecified atom stereocenters. The highest BCUT2D eigenvalue weighted by molar-refractivity contribution is 6.06. The third kappa shape index (κ3) is 6.87. The lowest BCUT2D eigenvalue weighted by molar-refractivity contribution is 0.122. The number of benzene rings is 7. The Labute approximate surface area is 328 Å². The van der Waals surface area contributed by atoms with Gasteiger partial charge < -0.3 is 28.7 Å². The summed E-state index contributed by atoms with van der Waals surface area (Å²) < 4.78 is 22.5. The Morgan fingerprint density at radius 2 is 0.679 bits per heavy atom. The van der Waals surface area contributed by atoms with E-state index in [0.29, 0.717) is 0 Å². The molecule has 0 N–H and O–H groups in total. The molecule has 2 saturated heterocycles. The number of nitrogens with zero attached hydrogens (tertiary/aromatic N) is 2. The number of hydrogen-bond donors (Lipinski definition) is 0. The van der Waals surface area contributed by atoms with E-state index in [1.54, 1.807) is 14.2 Å². The molecule has 9 rings (SSSR count). The Bertz CT molecular complexity index is 2410. The fraction of sp³-hybridized carbons (Fsp3) is 0.200. The normalized spacial score (nSPS) is 14.5. The highest BCUT2D eigenvalue weighted by atomic mass is 16.5. The predicted molar refractivity (Wildman–Crippen MR) is 229 cm³/mol. The Morgan fingerprint density at radius 3 is 0.964 bits per heavy atom. The van der Waals surface area contributed by atoms with Crippen LogP contribution in [0.25, 0.3) is 32.7 Å². The molecule has 2 aliphatic heterocycles. The van der Waals surface area contributed by atoms with E-state index in [-0.39, 0.29) is 0 Å². The van der Waals surface area contributed by atoms with Gasteiger partial charge in [-0.05, 0) is 114 Å². The monoisotopic (exact) mass is 738 g/mol. The predicted octanol–water partition coefficient (Wildman–Crippen LogP) is 8.18. The van der Waals surface area contributed by atoms with Crippen LogP contribution in [0, 0.1) is 0 Å². The van der Waals surface area contributed by atoms with Crippen molar-refractivity contribution in [2.45, 2.75) is 0 Å². The van der Waals surface area contributed by atoms with Gasteiger partial charge in [-0.2, -0.15) is 0 Å². The van der Waals surface area contributed by atoms with Crippen LogP contribution in [0.1, 0.15) is 22.3 Å². The lowest BCUT2D eigenvalue weighted by Gasteiger charge is -2.29. The Kier molecular flexibility index (Phi) is 10.1. The number of rotatable bonds is 8. The molecule has 2 heterocycles. The van der Waals surface area contributed by atoms with Crippen molar-refractivity contribution in [1.29, 1.82) is 0 Å². The van der Waals surface area contributed by atoms with Gasteiger partial charge in [0.1, 0.15) is 11.5 Å². The molecule has 0 spiro atoms. The van der Waals surface area contributed by atoms with Gasteiger partial charge in [0.25, 0.3) is 0 Å². The Hall–Kier alpha value is -6.08. The van der Waals surface area contributed by atoms with Crippen molar-refractivity contribution in [3.8, 4) is 11.5 Å². The zero-order valence-electron chi connectivity index (χ0n) is 32.0. The molecule has 0 aromatic heterocycles. The van der Waals surface area contributed by atoms with Gasteiger partial charge in [-0.15, -0.1) is 0 Å². The first-order valence-corrected chi connectivity index (χ1v) is 19.5. The summed E-state index contributed by atoms with van der Waals surface area (Å²) in [5.41, 5.74) is 9.39. The van der Waals surface area contributed by atoms with Gasteiger partial charge in [-0.25, -0.2) is 0 Å². The molecular weight excluding hydrogens is 693 g/mol. The van der Waals surface area contributed by atoms with Gasteiger partial charge in [-0.3, -0.25) is 0 Å². The number of morpholine rings is 2. The third-order valence-electron chi connectivity index (χ3n) is 11.3. The lowest BCUT2D eigenvalue weighted by Crippen LogP contribution is -2.36. The van der Waals surface area contributed by atoms with Crippen LogP contribution < -0.4 is 29.7 Å². The first-order chi connectivity index (χ1) is 27.7. The summed E-state index contributed by atoms with van der Waals surface area (Å²) in [4.78, 5) is 4.83. The molecule has 0 aliphatic carbocycles. The maximum atomic E-state index is 5.67. The second-order valence-electron chi connectivity index (χ2n) is 14.3. The average molecular weight is 739 g/mol. The van der Waals surface area contributed by atoms with Gasteiger partial charge in [0.15, 0.2) is 0 Å². The van der Waals surface area contributed by atoms with Crippen LogP contribution in [0.2, 0.25) is 0 Å². The quantitative estimate of drug-likeness (QED) is 0.147. The number of hydrogen-bond acceptors (Lipinski definition) is 6. The molecule has 280 valence electrons. The largest absolute Gasteiger partial charge is 0.497 e. The molecule has 7 aromatic rings. The minimum Gasteiger partial charge on any atom is -0.497 e. The minimum absolute atomic E-state index is 0.755. The highest BCUT2D eigenvalue weighted by Crippen LogP contribution is 2.31. The van der Waals surface area contributed by atoms with Gasteiger partial charge in [-0.1, -0.05) is 97.1 Å². The van der Waals surface area contributed by atoms with Crippen molar-refractivity contribution < 1.29 is 18.9 Å². The first-order valence-electron chi connectivity index (χ1n) is 19.5. The van der Waals surface area contributed by atoms with E-state index < -0.39 is 0 Å². The van der Waals surface area contributed by atoms with Crippen LogP contribution >= 0.6 is 0 Å². The van der Waals surface area contributed by atoms with Crippen LogP contribution in [0.3, 0.4) is 0 Å². The fourth-order valence-corrected chi connectivity index (χ4v) is 8.41. The van der Waals surface area contributed by atoms with E-state index in [9.17, 15) is 0 Å². The topological polar surface area (TPSA) is 43.4 Å². The second kappa shape index (κ2) is 16.0. The van der Waals surface area contributed by atoms with E-state index in [4.69, 9.17) is 18.9 Å². The standard InChI is InChI=1S/C50H46N2O4/c1-53-41-23-15-37(16-24-41)48(38-17-25-42(54-2)26-18-38)50-45-9-5-3-7-43(45)49(44-8-4-6-10-46(44)50)47(35-11-19-39(20-12-35)51-27-31-55-32-28-51)36-13-21-40(22-14-36)52-29-33-56-34-30-52/h3-26H,27-34H2,1-2H3. The Balaban J connectivity index is 1.38. The maximum absolute atomic E-state index is 5.67. The molecular formula is C50H46N2O4. The van der Waals surface area contributed by atoms with Crippen LogP contribution in [0.15, 0.2) is 146 Å². The lowest BCUT2D eigenvalue weighted by atomic mass is 9.86. The van der Waals surface area contributed by atoms with Crippen molar-refractivity contribution >= 4 is 44.1 Å². The maximum Gasteiger partial charge on any atom is 0.118 e. The number of ether oxygens (including phenoxy) is 4. The molecule has 6 heteroatoms. The molecule has 0 atom stereocenters. The van der Waals surface area contributed by atoms with Gasteiger partial charge >= 0.3 is 0 Å². The van der Waals surface area contributed by atoms with E-state index in [1.165, 1.54) is 60.1 Å². The molecule has 0 bridgehead atoms. The summed E-state index contributed by atoms with van der Waals surface area (Å²) in [6.45, 7) is 6.62. The molecule has 7 aromatic carbocycles. The van der Waals surface area contributed by atoms with Crippen molar-refractivity contribution in [2.24, 2.45) is 0 Å². The van der Waals surface area contributed by atoms with Crippen LogP contribution in [0.4, 0.5) is 11.4 Å². The Morgan fingerprint density at radius 1 is 0.393 bits per heavy atom. The first kappa shape index (κ1) is 35.6. The van der Waals surface area contributed by atoms with E-state index in [1.807, 2.05) is 24.3 Å². The third-order valence-corrected chi connectivity index (χ3v) is 11.3. The molecule has 2 aliphatic rings. The van der Waals surface area contributed by atoms with Crippen LogP contribution in [-0.2, 0) is 9.47 Å². The number of fused-ring (bicyclic) bond motifs is 2. The summed E-state index contributed by atoms with van der Waals surface area (Å²) in [5.74, 6) is 1.65. The van der Waals surface area contributed by atoms with Gasteiger partial charge in [0, 0.05) is 37.6 Å². The van der Waals surface area contributed by atoms with Crippen molar-refractivity contribution in [2.75, 3.05) is 76.6 Å². The number of anilines is 2. The van der Waals surface area contributed by atoms with Gasteiger partial charge in [0.05, 0.1) is 40.6 Å². The summed E-state index contributed by atoms with van der Waals surface area (Å²) in [7, 11) is 3.42. The second-order valence-corrected chi connectivity index (χ2v) is 14.3. The van der Waals surface area contributed by atoms with Crippen LogP contribution in [0.5, 0.6) is 11.5 Å². The summed E-state index contributed by atoms with van der Waals surface area (Å²) in [6, 6.07) is 53.0. The smallest absolute Gasteiger partial charge is 0.118 e. The average Bonchev–Trinajstić information content (AvgIpc) is 3.28. The highest BCUT2D eigenvalue weighted by Gasteiger charge is 2.19. The van der Waals surface area contributed by atoms with E-state index in [0.717, 1.165) is 80.8 Å². The van der Waals surface area contributed by atoms with Crippen molar-refractivity contribution in [1.82, 2.24) is 0 Å². The van der Waals surface area contributed by atoms with E-state index >= 15 is 0 Å². The summed E-state index contributed by atoms with van der Waals surface area (Å²) >= 11 is 0. The van der Waals surface area contributed by atoms with Crippen LogP contribution in [-0.4, -0.2) is 66.8 Å². The molecule has 6 nitrogen and oxygen atoms in total. The fourth-order valence-electron chi connectivity index (χ4n) is 8.41. The van der Waals surface area contributed by atoms with E-state index in [2.05, 4.69) is 131 Å². The molecule has 2 fully saturated rings. The van der Waals surface area contributed by atoms with Crippen molar-refractivity contribution in [3.63, 3.8) is 0 Å². The minimum atomic E-state index is 0.755.